The van der Waals surface area contributed by atoms with Crippen molar-refractivity contribution in [1.82, 2.24) is 29.3 Å². The minimum absolute atomic E-state index is 0.0407. The molecule has 0 aromatic carbocycles. The Balaban J connectivity index is 1.64. The van der Waals surface area contributed by atoms with Crippen molar-refractivity contribution in [3.8, 4) is 0 Å². The lowest BCUT2D eigenvalue weighted by molar-refractivity contribution is 0.240. The van der Waals surface area contributed by atoms with E-state index in [1.54, 1.807) is 4.52 Å². The van der Waals surface area contributed by atoms with Crippen LogP contribution in [0.25, 0.3) is 5.65 Å². The summed E-state index contributed by atoms with van der Waals surface area (Å²) in [5.74, 6) is 0. The van der Waals surface area contributed by atoms with Crippen LogP contribution in [0.15, 0.2) is 23.3 Å². The second-order valence-corrected chi connectivity index (χ2v) is 8.12. The van der Waals surface area contributed by atoms with Gasteiger partial charge < -0.3 is 0 Å². The fraction of sp³-hybridized carbons (Fsp3) is 0.526. The first-order chi connectivity index (χ1) is 12.3. The van der Waals surface area contributed by atoms with E-state index in [0.717, 1.165) is 43.0 Å². The van der Waals surface area contributed by atoms with E-state index in [-0.39, 0.29) is 11.0 Å². The first-order valence-corrected chi connectivity index (χ1v) is 9.23. The van der Waals surface area contributed by atoms with Crippen LogP contribution in [0, 0.1) is 0 Å². The second kappa shape index (κ2) is 6.09. The number of nitrogens with zero attached hydrogens (tertiary/aromatic N) is 5. The fourth-order valence-electron chi connectivity index (χ4n) is 3.49. The molecular weight excluding hydrogens is 328 g/mol. The Morgan fingerprint density at radius 1 is 1.31 bits per heavy atom. The van der Waals surface area contributed by atoms with Crippen LogP contribution in [0.1, 0.15) is 50.2 Å². The molecule has 3 aromatic heterocycles. The molecule has 3 aromatic rings. The molecule has 4 rings (SSSR count). The molecule has 0 fully saturated rings. The predicted octanol–water partition coefficient (Wildman–Crippen LogP) is 2.09. The van der Waals surface area contributed by atoms with Crippen LogP contribution in [0.5, 0.6) is 0 Å². The van der Waals surface area contributed by atoms with E-state index in [1.165, 1.54) is 5.56 Å². The highest BCUT2D eigenvalue weighted by atomic mass is 16.1. The fourth-order valence-corrected chi connectivity index (χ4v) is 3.49. The minimum Gasteiger partial charge on any atom is -0.293 e. The summed E-state index contributed by atoms with van der Waals surface area (Å²) in [7, 11) is 0. The maximum absolute atomic E-state index is 12.9. The topological polar surface area (TPSA) is 71.2 Å². The van der Waals surface area contributed by atoms with Crippen molar-refractivity contribution in [2.75, 3.05) is 6.54 Å². The van der Waals surface area contributed by atoms with Gasteiger partial charge in [0.25, 0.3) is 5.56 Å². The van der Waals surface area contributed by atoms with Gasteiger partial charge in [-0.05, 0) is 13.3 Å². The van der Waals surface area contributed by atoms with E-state index >= 15 is 0 Å². The number of rotatable bonds is 3. The normalized spacial score (nSPS) is 15.5. The highest BCUT2D eigenvalue weighted by Gasteiger charge is 2.24. The van der Waals surface area contributed by atoms with E-state index in [4.69, 9.17) is 4.98 Å². The van der Waals surface area contributed by atoms with E-state index in [1.807, 2.05) is 16.9 Å². The number of aryl methyl sites for hydroxylation is 1. The third kappa shape index (κ3) is 2.96. The molecule has 138 valence electrons. The Kier molecular flexibility index (Phi) is 3.99. The van der Waals surface area contributed by atoms with Crippen molar-refractivity contribution in [2.24, 2.45) is 0 Å². The van der Waals surface area contributed by atoms with Gasteiger partial charge in [0.1, 0.15) is 0 Å². The van der Waals surface area contributed by atoms with Gasteiger partial charge in [0, 0.05) is 60.7 Å². The Labute approximate surface area is 152 Å². The second-order valence-electron chi connectivity index (χ2n) is 8.12. The Bertz CT molecular complexity index is 1000. The average molecular weight is 354 g/mol. The van der Waals surface area contributed by atoms with Crippen LogP contribution in [-0.4, -0.2) is 35.8 Å². The molecule has 26 heavy (non-hydrogen) atoms. The van der Waals surface area contributed by atoms with Crippen molar-refractivity contribution in [3.05, 3.63) is 51.3 Å². The van der Waals surface area contributed by atoms with Gasteiger partial charge in [-0.3, -0.25) is 19.5 Å². The number of H-pyrrole nitrogens is 1. The van der Waals surface area contributed by atoms with Crippen LogP contribution in [0.2, 0.25) is 0 Å². The van der Waals surface area contributed by atoms with Gasteiger partial charge in [0.2, 0.25) is 0 Å². The lowest BCUT2D eigenvalue weighted by Crippen LogP contribution is -2.36. The molecule has 7 heteroatoms. The molecule has 1 N–H and O–H groups in total. The zero-order chi connectivity index (χ0) is 18.5. The molecule has 0 bridgehead atoms. The highest BCUT2D eigenvalue weighted by molar-refractivity contribution is 5.43. The molecule has 7 nitrogen and oxygen atoms in total. The zero-order valence-electron chi connectivity index (χ0n) is 15.9. The summed E-state index contributed by atoms with van der Waals surface area (Å²) in [6.07, 6.45) is 4.74. The zero-order valence-corrected chi connectivity index (χ0v) is 15.9. The summed E-state index contributed by atoms with van der Waals surface area (Å²) >= 11 is 0. The summed E-state index contributed by atoms with van der Waals surface area (Å²) in [6.45, 7) is 11.7. The van der Waals surface area contributed by atoms with Gasteiger partial charge in [0.05, 0.1) is 11.9 Å². The van der Waals surface area contributed by atoms with Crippen molar-refractivity contribution in [2.45, 2.75) is 59.2 Å². The lowest BCUT2D eigenvalue weighted by atomic mass is 9.93. The largest absolute Gasteiger partial charge is 0.293 e. The number of nitrogens with one attached hydrogen (secondary N) is 1. The molecule has 0 radical (unpaired) electrons. The van der Waals surface area contributed by atoms with E-state index in [0.29, 0.717) is 12.2 Å². The Hall–Kier alpha value is -2.41. The predicted molar refractivity (Wildman–Crippen MR) is 100 cm³/mol. The van der Waals surface area contributed by atoms with E-state index < -0.39 is 0 Å². The molecular formula is C19H26N6O. The standard InChI is InChI=1S/C19H26N6O/c1-5-24-11-13(9-20-24)10-23-7-6-14-15(12-23)21-17-8-16(19(2,3)4)22-25(17)18(14)26/h8-9,11,22H,5-7,10,12H2,1-4H3. The van der Waals surface area contributed by atoms with Gasteiger partial charge in [-0.25, -0.2) is 9.50 Å². The van der Waals surface area contributed by atoms with E-state index in [9.17, 15) is 4.79 Å². The van der Waals surface area contributed by atoms with Gasteiger partial charge in [0.15, 0.2) is 5.65 Å². The highest BCUT2D eigenvalue weighted by Crippen LogP contribution is 2.22. The third-order valence-electron chi connectivity index (χ3n) is 5.07. The van der Waals surface area contributed by atoms with Crippen LogP contribution < -0.4 is 5.56 Å². The number of aromatic amines is 1. The SMILES string of the molecule is CCn1cc(CN2CCc3c(nc4cc(C(C)(C)C)[nH]n4c3=O)C2)cn1. The molecule has 0 aliphatic carbocycles. The molecule has 4 heterocycles. The molecule has 0 atom stereocenters. The molecule has 1 aliphatic heterocycles. The summed E-state index contributed by atoms with van der Waals surface area (Å²) < 4.78 is 3.54. The average Bonchev–Trinajstić information content (AvgIpc) is 3.21. The van der Waals surface area contributed by atoms with Crippen molar-refractivity contribution in [1.29, 1.82) is 0 Å². The van der Waals surface area contributed by atoms with Gasteiger partial charge in [-0.15, -0.1) is 0 Å². The molecule has 0 amide bonds. The summed E-state index contributed by atoms with van der Waals surface area (Å²) in [5, 5.41) is 7.57. The number of aromatic nitrogens is 5. The van der Waals surface area contributed by atoms with Gasteiger partial charge in [-0.2, -0.15) is 5.10 Å². The van der Waals surface area contributed by atoms with Crippen molar-refractivity contribution in [3.63, 3.8) is 0 Å². The van der Waals surface area contributed by atoms with Gasteiger partial charge in [-0.1, -0.05) is 20.8 Å². The van der Waals surface area contributed by atoms with Crippen molar-refractivity contribution < 1.29 is 0 Å². The maximum Gasteiger partial charge on any atom is 0.276 e. The smallest absolute Gasteiger partial charge is 0.276 e. The number of hydrogen-bond acceptors (Lipinski definition) is 4. The van der Waals surface area contributed by atoms with Crippen LogP contribution in [-0.2, 0) is 31.5 Å². The molecule has 0 unspecified atom stereocenters. The van der Waals surface area contributed by atoms with Crippen LogP contribution in [0.3, 0.4) is 0 Å². The van der Waals surface area contributed by atoms with Crippen LogP contribution >= 0.6 is 0 Å². The summed E-state index contributed by atoms with van der Waals surface area (Å²) in [4.78, 5) is 20.0. The maximum atomic E-state index is 12.9. The third-order valence-corrected chi connectivity index (χ3v) is 5.07. The Morgan fingerprint density at radius 3 is 2.81 bits per heavy atom. The summed E-state index contributed by atoms with van der Waals surface area (Å²) in [6, 6.07) is 1.99. The Morgan fingerprint density at radius 2 is 2.12 bits per heavy atom. The first-order valence-electron chi connectivity index (χ1n) is 9.23. The quantitative estimate of drug-likeness (QED) is 0.782. The molecule has 1 aliphatic rings. The number of fused-ring (bicyclic) bond motifs is 2. The monoisotopic (exact) mass is 354 g/mol. The minimum atomic E-state index is -0.0495. The lowest BCUT2D eigenvalue weighted by Gasteiger charge is -2.27. The van der Waals surface area contributed by atoms with Gasteiger partial charge >= 0.3 is 0 Å². The molecule has 0 spiro atoms. The molecule has 0 saturated carbocycles. The first kappa shape index (κ1) is 17.0. The van der Waals surface area contributed by atoms with Crippen LogP contribution in [0.4, 0.5) is 0 Å². The number of hydrogen-bond donors (Lipinski definition) is 1. The van der Waals surface area contributed by atoms with E-state index in [2.05, 4.69) is 49.0 Å². The summed E-state index contributed by atoms with van der Waals surface area (Å²) in [5.41, 5.74) is 4.66. The van der Waals surface area contributed by atoms with Crippen molar-refractivity contribution >= 4 is 5.65 Å². The molecule has 0 saturated heterocycles.